The monoisotopic (exact) mass is 404 g/mol. The minimum atomic E-state index is -1.16. The first-order valence-corrected chi connectivity index (χ1v) is 12.3. The summed E-state index contributed by atoms with van der Waals surface area (Å²) in [5, 5.41) is 20.1. The Labute approximate surface area is 172 Å². The number of hydrogen-bond acceptors (Lipinski definition) is 3. The molecule has 28 heavy (non-hydrogen) atoms. The molecule has 0 spiro atoms. The van der Waals surface area contributed by atoms with Crippen LogP contribution in [0.5, 0.6) is 11.5 Å². The average molecular weight is 405 g/mol. The lowest BCUT2D eigenvalue weighted by atomic mass is 9.79. The second kappa shape index (κ2) is 8.00. The van der Waals surface area contributed by atoms with E-state index >= 15 is 0 Å². The van der Waals surface area contributed by atoms with E-state index in [1.165, 1.54) is 4.90 Å². The van der Waals surface area contributed by atoms with Gasteiger partial charge in [0.1, 0.15) is 17.4 Å². The van der Waals surface area contributed by atoms with Crippen LogP contribution in [0.3, 0.4) is 0 Å². The van der Waals surface area contributed by atoms with Gasteiger partial charge in [-0.1, -0.05) is 53.7 Å². The van der Waals surface area contributed by atoms with Crippen molar-refractivity contribution in [1.82, 2.24) is 0 Å². The molecule has 0 amide bonds. The number of phenols is 1. The molecule has 0 saturated carbocycles. The zero-order chi connectivity index (χ0) is 21.3. The summed E-state index contributed by atoms with van der Waals surface area (Å²) in [5.74, 6) is 1.78. The van der Waals surface area contributed by atoms with Crippen molar-refractivity contribution in [3.8, 4) is 11.5 Å². The summed E-state index contributed by atoms with van der Waals surface area (Å²) < 4.78 is 6.28. The van der Waals surface area contributed by atoms with Gasteiger partial charge in [0, 0.05) is 11.1 Å². The van der Waals surface area contributed by atoms with E-state index in [-0.39, 0.29) is 17.4 Å². The third-order valence-corrected chi connectivity index (χ3v) is 7.22. The Kier molecular flexibility index (Phi) is 6.47. The van der Waals surface area contributed by atoms with Gasteiger partial charge in [-0.25, -0.2) is 0 Å². The standard InChI is InChI=1S/C24H36O3S/c1-23(2,3)20-13-18(14-21(22(20)26)24(4,5)6)27-16-28(7,8)19-11-9-17(15-25)10-12-19/h9-14,25-26H,15-16H2,1-8H3. The molecule has 156 valence electrons. The number of aliphatic hydroxyl groups is 1. The number of phenolic OH excluding ortho intramolecular Hbond substituents is 1. The van der Waals surface area contributed by atoms with Gasteiger partial charge in [0.2, 0.25) is 0 Å². The smallest absolute Gasteiger partial charge is 0.123 e. The van der Waals surface area contributed by atoms with Gasteiger partial charge in [-0.2, -0.15) is 10.0 Å². The predicted octanol–water partition coefficient (Wildman–Crippen LogP) is 5.94. The molecule has 0 aliphatic rings. The summed E-state index contributed by atoms with van der Waals surface area (Å²) in [5.41, 5.74) is 2.39. The van der Waals surface area contributed by atoms with Gasteiger partial charge >= 0.3 is 0 Å². The van der Waals surface area contributed by atoms with Crippen LogP contribution in [0.1, 0.15) is 58.2 Å². The summed E-state index contributed by atoms with van der Waals surface area (Å²) in [6.07, 6.45) is 4.47. The third-order valence-electron chi connectivity index (χ3n) is 4.96. The minimum Gasteiger partial charge on any atom is -0.507 e. The molecule has 0 atom stereocenters. The first kappa shape index (κ1) is 22.6. The van der Waals surface area contributed by atoms with Crippen molar-refractivity contribution in [2.24, 2.45) is 0 Å². The van der Waals surface area contributed by atoms with Gasteiger partial charge < -0.3 is 14.9 Å². The molecule has 2 aromatic rings. The fourth-order valence-electron chi connectivity index (χ4n) is 3.08. The topological polar surface area (TPSA) is 49.7 Å². The Hall–Kier alpha value is -1.65. The van der Waals surface area contributed by atoms with Crippen LogP contribution in [0.15, 0.2) is 41.3 Å². The number of rotatable bonds is 5. The Bertz CT molecular complexity index is 774. The van der Waals surface area contributed by atoms with Crippen molar-refractivity contribution in [2.75, 3.05) is 18.5 Å². The number of benzene rings is 2. The summed E-state index contributed by atoms with van der Waals surface area (Å²) in [6.45, 7) is 12.7. The third kappa shape index (κ3) is 5.24. The van der Waals surface area contributed by atoms with Gasteiger partial charge in [-0.15, -0.1) is 0 Å². The Morgan fingerprint density at radius 2 is 1.32 bits per heavy atom. The molecule has 2 rings (SSSR count). The lowest BCUT2D eigenvalue weighted by Crippen LogP contribution is -2.18. The molecule has 0 aliphatic heterocycles. The summed E-state index contributed by atoms with van der Waals surface area (Å²) in [6, 6.07) is 12.1. The normalized spacial score (nSPS) is 13.5. The maximum Gasteiger partial charge on any atom is 0.123 e. The molecular weight excluding hydrogens is 368 g/mol. The molecule has 2 aromatic carbocycles. The van der Waals surface area contributed by atoms with E-state index in [0.29, 0.717) is 11.7 Å². The molecule has 0 bridgehead atoms. The fourth-order valence-corrected chi connectivity index (χ4v) is 4.52. The van der Waals surface area contributed by atoms with E-state index in [1.54, 1.807) is 0 Å². The molecule has 0 aliphatic carbocycles. The van der Waals surface area contributed by atoms with E-state index in [4.69, 9.17) is 4.74 Å². The lowest BCUT2D eigenvalue weighted by molar-refractivity contribution is 0.282. The fraction of sp³-hybridized carbons (Fsp3) is 0.500. The molecule has 0 aromatic heterocycles. The lowest BCUT2D eigenvalue weighted by Gasteiger charge is -2.33. The minimum absolute atomic E-state index is 0.0607. The molecule has 4 heteroatoms. The van der Waals surface area contributed by atoms with E-state index in [2.05, 4.69) is 66.2 Å². The Morgan fingerprint density at radius 3 is 1.71 bits per heavy atom. The van der Waals surface area contributed by atoms with Crippen LogP contribution in [-0.2, 0) is 17.4 Å². The second-order valence-electron chi connectivity index (χ2n) is 9.97. The molecule has 3 nitrogen and oxygen atoms in total. The highest BCUT2D eigenvalue weighted by atomic mass is 32.3. The highest BCUT2D eigenvalue weighted by Crippen LogP contribution is 2.49. The van der Waals surface area contributed by atoms with Crippen molar-refractivity contribution >= 4 is 10.0 Å². The first-order valence-electron chi connectivity index (χ1n) is 9.67. The second-order valence-corrected chi connectivity index (χ2v) is 13.8. The maximum absolute atomic E-state index is 10.9. The summed E-state index contributed by atoms with van der Waals surface area (Å²) in [4.78, 5) is 1.25. The van der Waals surface area contributed by atoms with E-state index in [1.807, 2.05) is 24.3 Å². The molecule has 0 saturated heterocycles. The molecule has 2 N–H and O–H groups in total. The highest BCUT2D eigenvalue weighted by Gasteiger charge is 2.27. The van der Waals surface area contributed by atoms with E-state index < -0.39 is 10.0 Å². The van der Waals surface area contributed by atoms with Gasteiger partial charge in [0.05, 0.1) is 6.61 Å². The first-order chi connectivity index (χ1) is 12.8. The number of aromatic hydroxyl groups is 1. The highest BCUT2D eigenvalue weighted by molar-refractivity contribution is 8.32. The predicted molar refractivity (Wildman–Crippen MR) is 121 cm³/mol. The van der Waals surface area contributed by atoms with Crippen LogP contribution in [-0.4, -0.2) is 28.7 Å². The maximum atomic E-state index is 10.9. The van der Waals surface area contributed by atoms with Crippen molar-refractivity contribution in [3.05, 3.63) is 53.1 Å². The zero-order valence-corrected chi connectivity index (χ0v) is 19.4. The van der Waals surface area contributed by atoms with Crippen LogP contribution in [0.2, 0.25) is 0 Å². The zero-order valence-electron chi connectivity index (χ0n) is 18.6. The summed E-state index contributed by atoms with van der Waals surface area (Å²) >= 11 is 0. The van der Waals surface area contributed by atoms with Crippen molar-refractivity contribution in [2.45, 2.75) is 63.9 Å². The van der Waals surface area contributed by atoms with Gasteiger partial charge in [-0.05, 0) is 58.1 Å². The van der Waals surface area contributed by atoms with Gasteiger partial charge in [-0.3, -0.25) is 0 Å². The SMILES string of the molecule is CC(C)(C)c1cc(OCS(C)(C)c2ccc(CO)cc2)cc(C(C)(C)C)c1O. The molecule has 0 radical (unpaired) electrons. The molecule has 0 heterocycles. The quantitative estimate of drug-likeness (QED) is 0.648. The van der Waals surface area contributed by atoms with E-state index in [0.717, 1.165) is 22.4 Å². The number of aliphatic hydroxyl groups excluding tert-OH is 1. The van der Waals surface area contributed by atoms with Crippen LogP contribution in [0, 0.1) is 0 Å². The molecule has 0 unspecified atom stereocenters. The van der Waals surface area contributed by atoms with Gasteiger partial charge in [0.15, 0.2) is 0 Å². The Balaban J connectivity index is 2.34. The van der Waals surface area contributed by atoms with Crippen molar-refractivity contribution in [3.63, 3.8) is 0 Å². The van der Waals surface area contributed by atoms with Crippen LogP contribution >= 0.6 is 10.0 Å². The van der Waals surface area contributed by atoms with Crippen LogP contribution in [0.25, 0.3) is 0 Å². The largest absolute Gasteiger partial charge is 0.507 e. The van der Waals surface area contributed by atoms with Crippen molar-refractivity contribution in [1.29, 1.82) is 0 Å². The molecular formula is C24H36O3S. The average Bonchev–Trinajstić information content (AvgIpc) is 2.59. The Morgan fingerprint density at radius 1 is 0.857 bits per heavy atom. The molecule has 0 fully saturated rings. The summed E-state index contributed by atoms with van der Waals surface area (Å²) in [7, 11) is -1.16. The van der Waals surface area contributed by atoms with Gasteiger partial charge in [0.25, 0.3) is 0 Å². The van der Waals surface area contributed by atoms with Crippen LogP contribution < -0.4 is 4.74 Å². The van der Waals surface area contributed by atoms with Crippen LogP contribution in [0.4, 0.5) is 0 Å². The van der Waals surface area contributed by atoms with Crippen molar-refractivity contribution < 1.29 is 14.9 Å². The van der Waals surface area contributed by atoms with E-state index in [9.17, 15) is 10.2 Å². The number of hydrogen-bond donors (Lipinski definition) is 2. The number of ether oxygens (including phenoxy) is 1.